The topological polar surface area (TPSA) is 80.8 Å². The molecule has 1 aromatic carbocycles. The summed E-state index contributed by atoms with van der Waals surface area (Å²) >= 11 is 0. The highest BCUT2D eigenvalue weighted by atomic mass is 16.5. The summed E-state index contributed by atoms with van der Waals surface area (Å²) in [6.45, 7) is 0.937. The highest BCUT2D eigenvalue weighted by Crippen LogP contribution is 2.52. The van der Waals surface area contributed by atoms with Crippen molar-refractivity contribution in [3.8, 4) is 5.75 Å². The van der Waals surface area contributed by atoms with E-state index in [2.05, 4.69) is 10.3 Å². The van der Waals surface area contributed by atoms with Crippen molar-refractivity contribution in [3.05, 3.63) is 66.5 Å². The molecule has 4 heterocycles. The minimum atomic E-state index is -0.712. The molecule has 1 N–H and O–H groups in total. The monoisotopic (exact) mass is 391 g/mol. The third kappa shape index (κ3) is 2.89. The van der Waals surface area contributed by atoms with Crippen LogP contribution in [-0.4, -0.2) is 47.1 Å². The number of hydrogen-bond donors (Lipinski definition) is 1. The predicted molar refractivity (Wildman–Crippen MR) is 105 cm³/mol. The minimum absolute atomic E-state index is 0.0384. The first kappa shape index (κ1) is 17.9. The summed E-state index contributed by atoms with van der Waals surface area (Å²) in [4.78, 5) is 32.1. The Morgan fingerprint density at radius 2 is 2.03 bits per heavy atom. The number of nitrogens with one attached hydrogen (secondary N) is 1. The molecule has 2 aromatic rings. The van der Waals surface area contributed by atoms with E-state index in [1.165, 1.54) is 0 Å². The lowest BCUT2D eigenvalue weighted by Gasteiger charge is -2.23. The molecule has 7 heteroatoms. The molecule has 1 spiro atoms. The number of ether oxygens (including phenoxy) is 2. The summed E-state index contributed by atoms with van der Waals surface area (Å²) in [6, 6.07) is 10.9. The SMILES string of the molecule is COc1ccc(NC(=O)[C@H]2[C@H]3C(=O)N(Cc4ccncc4)C[C@]34C=C[C@H]2O4)cc1. The largest absolute Gasteiger partial charge is 0.497 e. The van der Waals surface area contributed by atoms with Crippen LogP contribution >= 0.6 is 0 Å². The maximum absolute atomic E-state index is 13.2. The number of pyridine rings is 1. The van der Waals surface area contributed by atoms with E-state index in [-0.39, 0.29) is 17.9 Å². The Morgan fingerprint density at radius 3 is 2.76 bits per heavy atom. The molecule has 2 fully saturated rings. The van der Waals surface area contributed by atoms with E-state index in [1.54, 1.807) is 48.7 Å². The van der Waals surface area contributed by atoms with Crippen molar-refractivity contribution >= 4 is 17.5 Å². The van der Waals surface area contributed by atoms with Gasteiger partial charge < -0.3 is 19.7 Å². The molecule has 3 aliphatic rings. The normalized spacial score (nSPS) is 29.2. The van der Waals surface area contributed by atoms with Gasteiger partial charge in [-0.15, -0.1) is 0 Å². The number of likely N-dealkylation sites (tertiary alicyclic amines) is 1. The maximum atomic E-state index is 13.2. The van der Waals surface area contributed by atoms with Gasteiger partial charge in [-0.25, -0.2) is 0 Å². The predicted octanol–water partition coefficient (Wildman–Crippen LogP) is 2.01. The van der Waals surface area contributed by atoms with Crippen molar-refractivity contribution in [2.45, 2.75) is 18.2 Å². The van der Waals surface area contributed by atoms with Crippen LogP contribution in [-0.2, 0) is 20.9 Å². The van der Waals surface area contributed by atoms with E-state index in [0.717, 1.165) is 5.56 Å². The summed E-state index contributed by atoms with van der Waals surface area (Å²) in [5, 5.41) is 2.93. The Labute approximate surface area is 168 Å². The molecule has 29 heavy (non-hydrogen) atoms. The van der Waals surface area contributed by atoms with E-state index in [0.29, 0.717) is 24.5 Å². The smallest absolute Gasteiger partial charge is 0.231 e. The number of benzene rings is 1. The number of amides is 2. The van der Waals surface area contributed by atoms with Gasteiger partial charge in [-0.3, -0.25) is 14.6 Å². The van der Waals surface area contributed by atoms with Gasteiger partial charge in [-0.2, -0.15) is 0 Å². The Morgan fingerprint density at radius 1 is 1.28 bits per heavy atom. The van der Waals surface area contributed by atoms with Crippen LogP contribution in [0.2, 0.25) is 0 Å². The number of aromatic nitrogens is 1. The second-order valence-corrected chi connectivity index (χ2v) is 7.67. The lowest BCUT2D eigenvalue weighted by atomic mass is 9.77. The molecular formula is C22H21N3O4. The van der Waals surface area contributed by atoms with Gasteiger partial charge in [0.2, 0.25) is 11.8 Å². The highest BCUT2D eigenvalue weighted by Gasteiger charge is 2.66. The molecule has 0 aliphatic carbocycles. The summed E-state index contributed by atoms with van der Waals surface area (Å²) < 4.78 is 11.3. The van der Waals surface area contributed by atoms with Crippen molar-refractivity contribution in [1.82, 2.24) is 9.88 Å². The van der Waals surface area contributed by atoms with E-state index in [9.17, 15) is 9.59 Å². The first-order valence-corrected chi connectivity index (χ1v) is 9.59. The summed E-state index contributed by atoms with van der Waals surface area (Å²) in [5.41, 5.74) is 0.953. The molecule has 4 atom stereocenters. The van der Waals surface area contributed by atoms with Gasteiger partial charge >= 0.3 is 0 Å². The number of hydrogen-bond acceptors (Lipinski definition) is 5. The van der Waals surface area contributed by atoms with Crippen molar-refractivity contribution in [2.24, 2.45) is 11.8 Å². The van der Waals surface area contributed by atoms with Crippen LogP contribution in [0.3, 0.4) is 0 Å². The quantitative estimate of drug-likeness (QED) is 0.789. The van der Waals surface area contributed by atoms with Crippen LogP contribution in [0.5, 0.6) is 5.75 Å². The lowest BCUT2D eigenvalue weighted by Crippen LogP contribution is -2.41. The van der Waals surface area contributed by atoms with Crippen molar-refractivity contribution in [3.63, 3.8) is 0 Å². The van der Waals surface area contributed by atoms with E-state index >= 15 is 0 Å². The van der Waals surface area contributed by atoms with Crippen LogP contribution < -0.4 is 10.1 Å². The summed E-state index contributed by atoms with van der Waals surface area (Å²) in [6.07, 6.45) is 6.93. The fraction of sp³-hybridized carbons (Fsp3) is 0.318. The van der Waals surface area contributed by atoms with Gasteiger partial charge in [-0.05, 0) is 42.0 Å². The zero-order valence-corrected chi connectivity index (χ0v) is 15.9. The fourth-order valence-electron chi connectivity index (χ4n) is 4.62. The lowest BCUT2D eigenvalue weighted by molar-refractivity contribution is -0.136. The number of carbonyl (C=O) groups is 2. The van der Waals surface area contributed by atoms with Gasteiger partial charge in [0.05, 0.1) is 31.6 Å². The first-order valence-electron chi connectivity index (χ1n) is 9.59. The minimum Gasteiger partial charge on any atom is -0.497 e. The van der Waals surface area contributed by atoms with Gasteiger partial charge in [0.15, 0.2) is 0 Å². The Hall–Kier alpha value is -3.19. The van der Waals surface area contributed by atoms with Gasteiger partial charge in [0, 0.05) is 24.6 Å². The van der Waals surface area contributed by atoms with Crippen LogP contribution in [0.25, 0.3) is 0 Å². The Kier molecular flexibility index (Phi) is 4.13. The summed E-state index contributed by atoms with van der Waals surface area (Å²) in [5.74, 6) is -0.570. The molecule has 3 aliphatic heterocycles. The van der Waals surface area contributed by atoms with Gasteiger partial charge in [0.25, 0.3) is 0 Å². The molecule has 0 radical (unpaired) electrons. The third-order valence-corrected chi connectivity index (χ3v) is 5.96. The molecule has 2 amide bonds. The van der Waals surface area contributed by atoms with Crippen LogP contribution in [0.1, 0.15) is 5.56 Å². The first-order chi connectivity index (χ1) is 14.1. The molecule has 5 rings (SSSR count). The van der Waals surface area contributed by atoms with Crippen molar-refractivity contribution < 1.29 is 19.1 Å². The molecule has 2 bridgehead atoms. The van der Waals surface area contributed by atoms with Gasteiger partial charge in [-0.1, -0.05) is 12.2 Å². The number of methoxy groups -OCH3 is 1. The van der Waals surface area contributed by atoms with Gasteiger partial charge in [0.1, 0.15) is 11.4 Å². The maximum Gasteiger partial charge on any atom is 0.231 e. The molecule has 1 aromatic heterocycles. The number of anilines is 1. The second kappa shape index (κ2) is 6.70. The number of rotatable bonds is 5. The average molecular weight is 391 g/mol. The molecule has 0 unspecified atom stereocenters. The zero-order chi connectivity index (χ0) is 20.0. The molecule has 2 saturated heterocycles. The van der Waals surface area contributed by atoms with E-state index < -0.39 is 17.4 Å². The van der Waals surface area contributed by atoms with Crippen molar-refractivity contribution in [2.75, 3.05) is 19.0 Å². The molecular weight excluding hydrogens is 370 g/mol. The molecule has 148 valence electrons. The Balaban J connectivity index is 1.36. The fourth-order valence-corrected chi connectivity index (χ4v) is 4.62. The van der Waals surface area contributed by atoms with Crippen LogP contribution in [0.15, 0.2) is 60.9 Å². The van der Waals surface area contributed by atoms with Crippen molar-refractivity contribution in [1.29, 1.82) is 0 Å². The Bertz CT molecular complexity index is 975. The zero-order valence-electron chi connectivity index (χ0n) is 15.9. The number of carbonyl (C=O) groups excluding carboxylic acids is 2. The highest BCUT2D eigenvalue weighted by molar-refractivity contribution is 5.99. The average Bonchev–Trinajstić information content (AvgIpc) is 3.38. The van der Waals surface area contributed by atoms with Crippen LogP contribution in [0.4, 0.5) is 5.69 Å². The summed E-state index contributed by atoms with van der Waals surface area (Å²) in [7, 11) is 1.59. The number of nitrogens with zero attached hydrogens (tertiary/aromatic N) is 2. The second-order valence-electron chi connectivity index (χ2n) is 7.67. The van der Waals surface area contributed by atoms with Crippen LogP contribution in [0, 0.1) is 11.8 Å². The standard InChI is InChI=1S/C22H21N3O4/c1-28-16-4-2-15(3-5-16)24-20(26)18-17-6-9-22(29-17)13-25(21(27)19(18)22)12-14-7-10-23-11-8-14/h2-11,17-19H,12-13H2,1H3,(H,24,26)/t17-,18-,19+,22-/m1/s1. The van der Waals surface area contributed by atoms with E-state index in [4.69, 9.17) is 9.47 Å². The van der Waals surface area contributed by atoms with E-state index in [1.807, 2.05) is 24.3 Å². The molecule has 7 nitrogen and oxygen atoms in total. The molecule has 0 saturated carbocycles. The third-order valence-electron chi connectivity index (χ3n) is 5.96. The number of fused-ring (bicyclic) bond motifs is 1.